The minimum Gasteiger partial charge on any atom is -0.507 e. The van der Waals surface area contributed by atoms with Crippen LogP contribution in [0.25, 0.3) is 0 Å². The predicted molar refractivity (Wildman–Crippen MR) is 114 cm³/mol. The first-order chi connectivity index (χ1) is 14.8. The van der Waals surface area contributed by atoms with Gasteiger partial charge in [-0.1, -0.05) is 23.2 Å². The van der Waals surface area contributed by atoms with Gasteiger partial charge in [0.25, 0.3) is 0 Å². The highest BCUT2D eigenvalue weighted by molar-refractivity contribution is 6.34. The molecule has 0 unspecified atom stereocenters. The Kier molecular flexibility index (Phi) is 6.16. The summed E-state index contributed by atoms with van der Waals surface area (Å²) in [5, 5.41) is 19.8. The molecule has 2 aromatic rings. The molecule has 0 bridgehead atoms. The first-order valence-electron chi connectivity index (χ1n) is 9.88. The van der Waals surface area contributed by atoms with Crippen LogP contribution in [0.15, 0.2) is 36.4 Å². The fourth-order valence-corrected chi connectivity index (χ4v) is 4.95. The molecule has 2 aliphatic rings. The second-order valence-electron chi connectivity index (χ2n) is 7.95. The van der Waals surface area contributed by atoms with Crippen LogP contribution in [0.3, 0.4) is 0 Å². The molecule has 1 aliphatic heterocycles. The van der Waals surface area contributed by atoms with Crippen LogP contribution in [0, 0.1) is 11.8 Å². The molecular formula is C22H21Cl2NO6. The topological polar surface area (TPSA) is 96.3 Å². The number of benzene rings is 2. The number of carbonyl (C=O) groups is 2. The van der Waals surface area contributed by atoms with Gasteiger partial charge in [-0.2, -0.15) is 0 Å². The zero-order valence-corrected chi connectivity index (χ0v) is 18.0. The molecule has 0 radical (unpaired) electrons. The summed E-state index contributed by atoms with van der Waals surface area (Å²) in [6.45, 7) is 1.30. The second-order valence-corrected chi connectivity index (χ2v) is 8.83. The van der Waals surface area contributed by atoms with Crippen LogP contribution in [-0.2, 0) is 11.3 Å². The van der Waals surface area contributed by atoms with Crippen LogP contribution < -0.4 is 4.74 Å². The number of aromatic carboxylic acids is 1. The van der Waals surface area contributed by atoms with Crippen molar-refractivity contribution in [2.75, 3.05) is 13.1 Å². The Morgan fingerprint density at radius 2 is 1.68 bits per heavy atom. The molecular weight excluding hydrogens is 445 g/mol. The highest BCUT2D eigenvalue weighted by Crippen LogP contribution is 2.40. The third kappa shape index (κ3) is 4.99. The van der Waals surface area contributed by atoms with Crippen LogP contribution in [0.5, 0.6) is 11.5 Å². The SMILES string of the molecule is O=C(O)c1ccc(O[C@H]2C[C@@H]3CN(C(=O)OCc4cc(Cl)cc(Cl)c4)C[C@@H]3C2)cc1O. The Morgan fingerprint density at radius 1 is 1.03 bits per heavy atom. The van der Waals surface area contributed by atoms with E-state index in [9.17, 15) is 14.7 Å². The van der Waals surface area contributed by atoms with Gasteiger partial charge < -0.3 is 24.6 Å². The van der Waals surface area contributed by atoms with Crippen LogP contribution in [0.1, 0.15) is 28.8 Å². The largest absolute Gasteiger partial charge is 0.507 e. The molecule has 3 atom stereocenters. The number of hydrogen-bond acceptors (Lipinski definition) is 5. The van der Waals surface area contributed by atoms with E-state index in [2.05, 4.69) is 0 Å². The zero-order valence-electron chi connectivity index (χ0n) is 16.5. The number of halogens is 2. The Morgan fingerprint density at radius 3 is 2.26 bits per heavy atom. The normalized spacial score (nSPS) is 22.3. The summed E-state index contributed by atoms with van der Waals surface area (Å²) in [5.74, 6) is -0.456. The number of carboxylic acids is 1. The summed E-state index contributed by atoms with van der Waals surface area (Å²) >= 11 is 11.9. The van der Waals surface area contributed by atoms with Crippen molar-refractivity contribution in [1.29, 1.82) is 0 Å². The third-order valence-electron chi connectivity index (χ3n) is 5.75. The van der Waals surface area contributed by atoms with Crippen molar-refractivity contribution in [3.05, 3.63) is 57.6 Å². The molecule has 1 saturated carbocycles. The molecule has 1 heterocycles. The highest BCUT2D eigenvalue weighted by Gasteiger charge is 2.43. The van der Waals surface area contributed by atoms with Crippen molar-refractivity contribution in [2.24, 2.45) is 11.8 Å². The summed E-state index contributed by atoms with van der Waals surface area (Å²) in [5.41, 5.74) is 0.570. The van der Waals surface area contributed by atoms with E-state index in [0.717, 1.165) is 18.4 Å². The molecule has 4 rings (SSSR count). The van der Waals surface area contributed by atoms with E-state index in [-0.39, 0.29) is 30.1 Å². The number of carbonyl (C=O) groups excluding carboxylic acids is 1. The number of carboxylic acid groups (broad SMARTS) is 1. The lowest BCUT2D eigenvalue weighted by molar-refractivity contribution is 0.0693. The van der Waals surface area contributed by atoms with Crippen molar-refractivity contribution >= 4 is 35.3 Å². The van der Waals surface area contributed by atoms with Crippen LogP contribution in [0.4, 0.5) is 4.79 Å². The fourth-order valence-electron chi connectivity index (χ4n) is 4.38. The number of phenols is 1. The molecule has 31 heavy (non-hydrogen) atoms. The van der Waals surface area contributed by atoms with Gasteiger partial charge in [0.05, 0.1) is 6.10 Å². The number of hydrogen-bond donors (Lipinski definition) is 2. The number of amides is 1. The minimum atomic E-state index is -1.19. The Balaban J connectivity index is 1.27. The summed E-state index contributed by atoms with van der Waals surface area (Å²) in [6, 6.07) is 9.24. The summed E-state index contributed by atoms with van der Waals surface area (Å²) in [4.78, 5) is 25.2. The molecule has 7 nitrogen and oxygen atoms in total. The Bertz CT molecular complexity index is 979. The van der Waals surface area contributed by atoms with Gasteiger partial charge in [-0.3, -0.25) is 0 Å². The molecule has 1 saturated heterocycles. The Labute approximate surface area is 189 Å². The van der Waals surface area contributed by atoms with E-state index in [1.54, 1.807) is 29.2 Å². The molecule has 1 aliphatic carbocycles. The van der Waals surface area contributed by atoms with E-state index in [1.807, 2.05) is 0 Å². The van der Waals surface area contributed by atoms with E-state index in [4.69, 9.17) is 37.8 Å². The van der Waals surface area contributed by atoms with Gasteiger partial charge in [0, 0.05) is 29.2 Å². The van der Waals surface area contributed by atoms with Gasteiger partial charge in [-0.15, -0.1) is 0 Å². The van der Waals surface area contributed by atoms with Gasteiger partial charge in [0.15, 0.2) is 0 Å². The summed E-state index contributed by atoms with van der Waals surface area (Å²) < 4.78 is 11.4. The smallest absolute Gasteiger partial charge is 0.410 e. The van der Waals surface area contributed by atoms with Crippen LogP contribution in [-0.4, -0.2) is 46.4 Å². The van der Waals surface area contributed by atoms with Crippen molar-refractivity contribution in [2.45, 2.75) is 25.6 Å². The van der Waals surface area contributed by atoms with E-state index in [0.29, 0.717) is 40.7 Å². The maximum Gasteiger partial charge on any atom is 0.410 e. The van der Waals surface area contributed by atoms with Gasteiger partial charge >= 0.3 is 12.1 Å². The molecule has 9 heteroatoms. The summed E-state index contributed by atoms with van der Waals surface area (Å²) in [6.07, 6.45) is 1.15. The molecule has 164 valence electrons. The lowest BCUT2D eigenvalue weighted by Gasteiger charge is -2.20. The summed E-state index contributed by atoms with van der Waals surface area (Å²) in [7, 11) is 0. The number of rotatable bonds is 5. The van der Waals surface area contributed by atoms with E-state index < -0.39 is 5.97 Å². The van der Waals surface area contributed by atoms with Crippen molar-refractivity contribution < 1.29 is 29.3 Å². The average molecular weight is 466 g/mol. The average Bonchev–Trinajstić information content (AvgIpc) is 3.24. The van der Waals surface area contributed by atoms with E-state index in [1.165, 1.54) is 12.1 Å². The van der Waals surface area contributed by atoms with Gasteiger partial charge in [-0.25, -0.2) is 9.59 Å². The predicted octanol–water partition coefficient (Wildman–Crippen LogP) is 4.82. The monoisotopic (exact) mass is 465 g/mol. The molecule has 0 aromatic heterocycles. The quantitative estimate of drug-likeness (QED) is 0.656. The lowest BCUT2D eigenvalue weighted by atomic mass is 10.0. The molecule has 2 N–H and O–H groups in total. The first kappa shape index (κ1) is 21.6. The van der Waals surface area contributed by atoms with Gasteiger partial charge in [0.1, 0.15) is 23.7 Å². The second kappa shape index (κ2) is 8.85. The van der Waals surface area contributed by atoms with E-state index >= 15 is 0 Å². The first-order valence-corrected chi connectivity index (χ1v) is 10.6. The van der Waals surface area contributed by atoms with Crippen LogP contribution >= 0.6 is 23.2 Å². The van der Waals surface area contributed by atoms with Crippen molar-refractivity contribution in [3.8, 4) is 11.5 Å². The number of fused-ring (bicyclic) bond motifs is 1. The highest BCUT2D eigenvalue weighted by atomic mass is 35.5. The molecule has 2 aromatic carbocycles. The van der Waals surface area contributed by atoms with Crippen LogP contribution in [0.2, 0.25) is 10.0 Å². The lowest BCUT2D eigenvalue weighted by Crippen LogP contribution is -2.31. The molecule has 2 fully saturated rings. The fraction of sp³-hybridized carbons (Fsp3) is 0.364. The molecule has 0 spiro atoms. The van der Waals surface area contributed by atoms with Crippen molar-refractivity contribution in [3.63, 3.8) is 0 Å². The molecule has 1 amide bonds. The standard InChI is InChI=1S/C22H21Cl2NO6/c23-15-3-12(4-16(24)7-15)11-30-22(29)25-9-13-5-18(6-14(13)10-25)31-17-1-2-19(21(27)28)20(26)8-17/h1-4,7-8,13-14,18,26H,5-6,9-11H2,(H,27,28)/t13-,14+,18+. The Hall–Kier alpha value is -2.64. The van der Waals surface area contributed by atoms with Gasteiger partial charge in [-0.05, 0) is 60.6 Å². The maximum absolute atomic E-state index is 12.4. The number of ether oxygens (including phenoxy) is 2. The van der Waals surface area contributed by atoms with Crippen molar-refractivity contribution in [1.82, 2.24) is 4.90 Å². The van der Waals surface area contributed by atoms with Gasteiger partial charge in [0.2, 0.25) is 0 Å². The number of likely N-dealkylation sites (tertiary alicyclic amines) is 1. The third-order valence-corrected chi connectivity index (χ3v) is 6.19. The zero-order chi connectivity index (χ0) is 22.1. The maximum atomic E-state index is 12.4. The number of nitrogens with zero attached hydrogens (tertiary/aromatic N) is 1. The minimum absolute atomic E-state index is 0.0446. The number of aromatic hydroxyl groups is 1.